The topological polar surface area (TPSA) is 21.3 Å². The average Bonchev–Trinajstić information content (AvgIpc) is 2.47. The first-order valence-electron chi connectivity index (χ1n) is 6.50. The Morgan fingerprint density at radius 2 is 1.86 bits per heavy atom. The Labute approximate surface area is 121 Å². The molecule has 0 spiro atoms. The smallest absolute Gasteiger partial charge is 0.131 e. The first-order chi connectivity index (χ1) is 10.1. The highest BCUT2D eigenvalue weighted by Gasteiger charge is 2.20. The summed E-state index contributed by atoms with van der Waals surface area (Å²) in [6.07, 6.45) is 0.180. The van der Waals surface area contributed by atoms with Gasteiger partial charge in [0.15, 0.2) is 0 Å². The zero-order valence-electron chi connectivity index (χ0n) is 11.8. The van der Waals surface area contributed by atoms with Crippen LogP contribution in [0.25, 0.3) is 0 Å². The molecular weight excluding hydrogens is 279 g/mol. The molecule has 2 aromatic carbocycles. The molecule has 5 heteroatoms. The van der Waals surface area contributed by atoms with Crippen LogP contribution in [0.4, 0.5) is 13.2 Å². The number of hydrogen-bond donors (Lipinski definition) is 1. The van der Waals surface area contributed by atoms with Gasteiger partial charge in [0.1, 0.15) is 23.2 Å². The molecule has 0 aliphatic heterocycles. The number of benzene rings is 2. The van der Waals surface area contributed by atoms with Gasteiger partial charge in [-0.15, -0.1) is 0 Å². The molecular formula is C16H16F3NO. The molecule has 0 heterocycles. The average molecular weight is 295 g/mol. The monoisotopic (exact) mass is 295 g/mol. The first kappa shape index (κ1) is 15.4. The van der Waals surface area contributed by atoms with Crippen molar-refractivity contribution in [3.8, 4) is 5.75 Å². The second kappa shape index (κ2) is 6.63. The molecule has 0 saturated carbocycles. The van der Waals surface area contributed by atoms with Crippen molar-refractivity contribution in [2.45, 2.75) is 12.5 Å². The van der Waals surface area contributed by atoms with Gasteiger partial charge in [-0.25, -0.2) is 13.2 Å². The van der Waals surface area contributed by atoms with Crippen LogP contribution in [-0.4, -0.2) is 14.2 Å². The Kier molecular flexibility index (Phi) is 4.85. The number of halogens is 3. The Morgan fingerprint density at radius 3 is 2.48 bits per heavy atom. The van der Waals surface area contributed by atoms with Crippen molar-refractivity contribution in [3.05, 3.63) is 65.0 Å². The fourth-order valence-corrected chi connectivity index (χ4v) is 2.29. The zero-order chi connectivity index (χ0) is 15.4. The van der Waals surface area contributed by atoms with Crippen LogP contribution in [0, 0.1) is 17.5 Å². The molecule has 21 heavy (non-hydrogen) atoms. The third-order valence-electron chi connectivity index (χ3n) is 3.37. The van der Waals surface area contributed by atoms with Crippen molar-refractivity contribution in [2.24, 2.45) is 0 Å². The highest BCUT2D eigenvalue weighted by Crippen LogP contribution is 2.30. The van der Waals surface area contributed by atoms with Gasteiger partial charge in [0.25, 0.3) is 0 Å². The van der Waals surface area contributed by atoms with Crippen LogP contribution in [0.15, 0.2) is 36.4 Å². The van der Waals surface area contributed by atoms with E-state index < -0.39 is 23.5 Å². The van der Waals surface area contributed by atoms with Crippen molar-refractivity contribution >= 4 is 0 Å². The van der Waals surface area contributed by atoms with E-state index >= 15 is 0 Å². The summed E-state index contributed by atoms with van der Waals surface area (Å²) >= 11 is 0. The van der Waals surface area contributed by atoms with Crippen LogP contribution in [0.3, 0.4) is 0 Å². The first-order valence-corrected chi connectivity index (χ1v) is 6.50. The van der Waals surface area contributed by atoms with Gasteiger partial charge in [-0.05, 0) is 37.2 Å². The summed E-state index contributed by atoms with van der Waals surface area (Å²) in [5.41, 5.74) is 0.632. The van der Waals surface area contributed by atoms with Crippen molar-refractivity contribution < 1.29 is 17.9 Å². The molecule has 0 amide bonds. The molecule has 0 aliphatic rings. The minimum absolute atomic E-state index is 0.180. The third-order valence-corrected chi connectivity index (χ3v) is 3.37. The Morgan fingerprint density at radius 1 is 1.10 bits per heavy atom. The molecule has 1 unspecified atom stereocenters. The standard InChI is InChI=1S/C16H16F3NO/c1-20-14(8-10-6-7-11(17)9-13(10)19)16-12(18)4-3-5-15(16)21-2/h3-7,9,14,20H,8H2,1-2H3. The van der Waals surface area contributed by atoms with Gasteiger partial charge in [0, 0.05) is 17.7 Å². The van der Waals surface area contributed by atoms with Crippen LogP contribution < -0.4 is 10.1 Å². The molecule has 2 rings (SSSR count). The van der Waals surface area contributed by atoms with Crippen LogP contribution in [-0.2, 0) is 6.42 Å². The van der Waals surface area contributed by atoms with E-state index in [1.807, 2.05) is 0 Å². The summed E-state index contributed by atoms with van der Waals surface area (Å²) in [5.74, 6) is -1.33. The van der Waals surface area contributed by atoms with Gasteiger partial charge < -0.3 is 10.1 Å². The van der Waals surface area contributed by atoms with Crippen LogP contribution >= 0.6 is 0 Å². The fourth-order valence-electron chi connectivity index (χ4n) is 2.29. The molecule has 2 nitrogen and oxygen atoms in total. The van der Waals surface area contributed by atoms with Crippen molar-refractivity contribution in [2.75, 3.05) is 14.2 Å². The van der Waals surface area contributed by atoms with E-state index in [0.717, 1.165) is 6.07 Å². The molecule has 2 aromatic rings. The zero-order valence-corrected chi connectivity index (χ0v) is 11.8. The second-order valence-corrected chi connectivity index (χ2v) is 4.64. The Balaban J connectivity index is 2.36. The fraction of sp³-hybridized carbons (Fsp3) is 0.250. The van der Waals surface area contributed by atoms with Crippen LogP contribution in [0.1, 0.15) is 17.2 Å². The SMILES string of the molecule is CNC(Cc1ccc(F)cc1F)c1c(F)cccc1OC. The maximum atomic E-state index is 14.1. The van der Waals surface area contributed by atoms with Gasteiger partial charge in [0.05, 0.1) is 7.11 Å². The number of hydrogen-bond acceptors (Lipinski definition) is 2. The number of methoxy groups -OCH3 is 1. The van der Waals surface area contributed by atoms with E-state index in [1.54, 1.807) is 19.2 Å². The summed E-state index contributed by atoms with van der Waals surface area (Å²) in [6, 6.07) is 7.39. The predicted molar refractivity (Wildman–Crippen MR) is 74.8 cm³/mol. The van der Waals surface area contributed by atoms with Crippen molar-refractivity contribution in [1.82, 2.24) is 5.32 Å². The Bertz CT molecular complexity index is 631. The maximum absolute atomic E-state index is 14.1. The van der Waals surface area contributed by atoms with E-state index in [0.29, 0.717) is 16.9 Å². The summed E-state index contributed by atoms with van der Waals surface area (Å²) in [6.45, 7) is 0. The number of nitrogens with one attached hydrogen (secondary N) is 1. The van der Waals surface area contributed by atoms with E-state index in [9.17, 15) is 13.2 Å². The van der Waals surface area contributed by atoms with Crippen molar-refractivity contribution in [3.63, 3.8) is 0 Å². The quantitative estimate of drug-likeness (QED) is 0.909. The third kappa shape index (κ3) is 3.36. The number of likely N-dealkylation sites (N-methyl/N-ethyl adjacent to an activating group) is 1. The minimum atomic E-state index is -0.648. The van der Waals surface area contributed by atoms with Crippen LogP contribution in [0.5, 0.6) is 5.75 Å². The lowest BCUT2D eigenvalue weighted by Crippen LogP contribution is -2.21. The maximum Gasteiger partial charge on any atom is 0.131 e. The predicted octanol–water partition coefficient (Wildman–Crippen LogP) is 3.62. The molecule has 0 fully saturated rings. The highest BCUT2D eigenvalue weighted by atomic mass is 19.1. The summed E-state index contributed by atoms with van der Waals surface area (Å²) in [7, 11) is 3.10. The lowest BCUT2D eigenvalue weighted by Gasteiger charge is -2.20. The van der Waals surface area contributed by atoms with E-state index in [2.05, 4.69) is 5.32 Å². The molecule has 0 bridgehead atoms. The summed E-state index contributed by atoms with van der Waals surface area (Å²) in [5, 5.41) is 2.94. The van der Waals surface area contributed by atoms with E-state index in [4.69, 9.17) is 4.74 Å². The lowest BCUT2D eigenvalue weighted by molar-refractivity contribution is 0.392. The minimum Gasteiger partial charge on any atom is -0.496 e. The summed E-state index contributed by atoms with van der Waals surface area (Å²) < 4.78 is 45.9. The van der Waals surface area contributed by atoms with E-state index in [-0.39, 0.29) is 6.42 Å². The van der Waals surface area contributed by atoms with E-state index in [1.165, 1.54) is 25.3 Å². The summed E-state index contributed by atoms with van der Waals surface area (Å²) in [4.78, 5) is 0. The second-order valence-electron chi connectivity index (χ2n) is 4.64. The van der Waals surface area contributed by atoms with Gasteiger partial charge in [0.2, 0.25) is 0 Å². The normalized spacial score (nSPS) is 12.2. The van der Waals surface area contributed by atoms with Crippen molar-refractivity contribution in [1.29, 1.82) is 0 Å². The molecule has 112 valence electrons. The van der Waals surface area contributed by atoms with Gasteiger partial charge >= 0.3 is 0 Å². The molecule has 1 N–H and O–H groups in total. The number of rotatable bonds is 5. The molecule has 0 aliphatic carbocycles. The lowest BCUT2D eigenvalue weighted by atomic mass is 9.97. The van der Waals surface area contributed by atoms with Gasteiger partial charge in [-0.1, -0.05) is 12.1 Å². The highest BCUT2D eigenvalue weighted by molar-refractivity contribution is 5.38. The Hall–Kier alpha value is -2.01. The molecule has 0 radical (unpaired) electrons. The number of ether oxygens (including phenoxy) is 1. The molecule has 0 aromatic heterocycles. The molecule has 0 saturated heterocycles. The molecule has 1 atom stereocenters. The largest absolute Gasteiger partial charge is 0.496 e. The van der Waals surface area contributed by atoms with Gasteiger partial charge in [-0.3, -0.25) is 0 Å². The van der Waals surface area contributed by atoms with Crippen LogP contribution in [0.2, 0.25) is 0 Å². The van der Waals surface area contributed by atoms with Gasteiger partial charge in [-0.2, -0.15) is 0 Å².